The van der Waals surface area contributed by atoms with Gasteiger partial charge in [0.15, 0.2) is 6.29 Å². The lowest BCUT2D eigenvalue weighted by Crippen LogP contribution is -2.59. The van der Waals surface area contributed by atoms with Gasteiger partial charge in [-0.3, -0.25) is 0 Å². The molecule has 114 valence electrons. The van der Waals surface area contributed by atoms with Crippen LogP contribution in [0.15, 0.2) is 0 Å². The van der Waals surface area contributed by atoms with Crippen LogP contribution in [0, 0.1) is 5.92 Å². The van der Waals surface area contributed by atoms with Gasteiger partial charge in [-0.05, 0) is 18.9 Å². The molecular weight excluding hydrogens is 250 g/mol. The van der Waals surface area contributed by atoms with E-state index in [0.717, 1.165) is 6.42 Å². The topological polar surface area (TPSA) is 80.2 Å². The Morgan fingerprint density at radius 1 is 1.32 bits per heavy atom. The Labute approximate surface area is 115 Å². The summed E-state index contributed by atoms with van der Waals surface area (Å²) in [7, 11) is 1.65. The standard InChI is InChI=1S/C13H27NO5/c1-9(2)7-18-13-12(16)11(15)10(8-19-13)14-5-4-6-17-3/h9-16H,4-8H2,1-3H3/t10-,11-,12+,13+/m0/s1. The van der Waals surface area contributed by atoms with E-state index in [0.29, 0.717) is 32.3 Å². The molecule has 6 nitrogen and oxygen atoms in total. The summed E-state index contributed by atoms with van der Waals surface area (Å²) in [5.41, 5.74) is 0. The van der Waals surface area contributed by atoms with E-state index in [9.17, 15) is 10.2 Å². The highest BCUT2D eigenvalue weighted by atomic mass is 16.7. The van der Waals surface area contributed by atoms with Gasteiger partial charge in [0.1, 0.15) is 12.2 Å². The van der Waals surface area contributed by atoms with E-state index in [1.165, 1.54) is 0 Å². The van der Waals surface area contributed by atoms with Gasteiger partial charge in [-0.15, -0.1) is 0 Å². The SMILES string of the molecule is COCCCN[C@H]1CO[C@@H](OCC(C)C)[C@H](O)[C@H]1O. The normalized spacial score (nSPS) is 31.9. The lowest BCUT2D eigenvalue weighted by atomic mass is 10.0. The zero-order valence-corrected chi connectivity index (χ0v) is 12.0. The van der Waals surface area contributed by atoms with Crippen molar-refractivity contribution in [2.24, 2.45) is 5.92 Å². The van der Waals surface area contributed by atoms with Crippen LogP contribution in [-0.4, -0.2) is 68.2 Å². The summed E-state index contributed by atoms with van der Waals surface area (Å²) < 4.78 is 15.8. The van der Waals surface area contributed by atoms with E-state index < -0.39 is 18.5 Å². The highest BCUT2D eigenvalue weighted by Gasteiger charge is 2.38. The van der Waals surface area contributed by atoms with Crippen molar-refractivity contribution in [3.8, 4) is 0 Å². The third-order valence-corrected chi connectivity index (χ3v) is 3.01. The van der Waals surface area contributed by atoms with E-state index >= 15 is 0 Å². The molecule has 0 aromatic rings. The molecule has 1 saturated heterocycles. The molecule has 0 radical (unpaired) electrons. The molecule has 1 aliphatic heterocycles. The second kappa shape index (κ2) is 8.84. The molecule has 19 heavy (non-hydrogen) atoms. The first-order chi connectivity index (χ1) is 9.06. The third-order valence-electron chi connectivity index (χ3n) is 3.01. The van der Waals surface area contributed by atoms with Crippen LogP contribution in [0.3, 0.4) is 0 Å². The highest BCUT2D eigenvalue weighted by Crippen LogP contribution is 2.17. The molecule has 0 spiro atoms. The van der Waals surface area contributed by atoms with Gasteiger partial charge in [0.25, 0.3) is 0 Å². The summed E-state index contributed by atoms with van der Waals surface area (Å²) in [6.07, 6.45) is -1.79. The molecule has 1 aliphatic rings. The van der Waals surface area contributed by atoms with Crippen LogP contribution >= 0.6 is 0 Å². The molecule has 0 bridgehead atoms. The fourth-order valence-electron chi connectivity index (χ4n) is 1.91. The quantitative estimate of drug-likeness (QED) is 0.530. The van der Waals surface area contributed by atoms with Gasteiger partial charge in [0.05, 0.1) is 19.3 Å². The summed E-state index contributed by atoms with van der Waals surface area (Å²) >= 11 is 0. The van der Waals surface area contributed by atoms with Crippen molar-refractivity contribution in [2.45, 2.75) is 44.8 Å². The van der Waals surface area contributed by atoms with Crippen LogP contribution in [0.5, 0.6) is 0 Å². The summed E-state index contributed by atoms with van der Waals surface area (Å²) in [5, 5.41) is 23.1. The van der Waals surface area contributed by atoms with Gasteiger partial charge in [-0.1, -0.05) is 13.8 Å². The van der Waals surface area contributed by atoms with E-state index in [1.54, 1.807) is 7.11 Å². The molecule has 0 unspecified atom stereocenters. The van der Waals surface area contributed by atoms with Crippen molar-refractivity contribution in [1.82, 2.24) is 5.32 Å². The van der Waals surface area contributed by atoms with Gasteiger partial charge < -0.3 is 29.7 Å². The second-order valence-electron chi connectivity index (χ2n) is 5.32. The average molecular weight is 277 g/mol. The lowest BCUT2D eigenvalue weighted by molar-refractivity contribution is -0.253. The fraction of sp³-hybridized carbons (Fsp3) is 1.00. The summed E-state index contributed by atoms with van der Waals surface area (Å²) in [6.45, 7) is 6.24. The van der Waals surface area contributed by atoms with Crippen LogP contribution < -0.4 is 5.32 Å². The third kappa shape index (κ3) is 5.72. The number of nitrogens with one attached hydrogen (secondary N) is 1. The molecular formula is C13H27NO5. The minimum absolute atomic E-state index is 0.272. The van der Waals surface area contributed by atoms with Gasteiger partial charge in [0, 0.05) is 13.7 Å². The Hall–Kier alpha value is -0.240. The molecule has 0 amide bonds. The molecule has 1 rings (SSSR count). The molecule has 1 heterocycles. The van der Waals surface area contributed by atoms with Crippen molar-refractivity contribution in [3.05, 3.63) is 0 Å². The molecule has 0 aliphatic carbocycles. The molecule has 0 saturated carbocycles. The van der Waals surface area contributed by atoms with E-state index in [4.69, 9.17) is 14.2 Å². The predicted octanol–water partition coefficient (Wildman–Crippen LogP) is -0.268. The largest absolute Gasteiger partial charge is 0.388 e. The van der Waals surface area contributed by atoms with Crippen LogP contribution in [0.4, 0.5) is 0 Å². The van der Waals surface area contributed by atoms with E-state index in [1.807, 2.05) is 13.8 Å². The van der Waals surface area contributed by atoms with Crippen molar-refractivity contribution in [3.63, 3.8) is 0 Å². The van der Waals surface area contributed by atoms with Gasteiger partial charge in [0.2, 0.25) is 0 Å². The predicted molar refractivity (Wildman–Crippen MR) is 70.8 cm³/mol. The monoisotopic (exact) mass is 277 g/mol. The lowest BCUT2D eigenvalue weighted by Gasteiger charge is -2.38. The first-order valence-corrected chi connectivity index (χ1v) is 6.88. The molecule has 1 fully saturated rings. The highest BCUT2D eigenvalue weighted by molar-refractivity contribution is 4.87. The number of rotatable bonds is 8. The maximum atomic E-state index is 10.0. The zero-order chi connectivity index (χ0) is 14.3. The number of aliphatic hydroxyl groups excluding tert-OH is 2. The van der Waals surface area contributed by atoms with Crippen LogP contribution in [0.25, 0.3) is 0 Å². The zero-order valence-electron chi connectivity index (χ0n) is 12.0. The van der Waals surface area contributed by atoms with Gasteiger partial charge in [-0.25, -0.2) is 0 Å². The maximum absolute atomic E-state index is 10.0. The van der Waals surface area contributed by atoms with Crippen LogP contribution in [-0.2, 0) is 14.2 Å². The number of aliphatic hydroxyl groups is 2. The Kier molecular flexibility index (Phi) is 7.82. The average Bonchev–Trinajstić information content (AvgIpc) is 2.38. The number of methoxy groups -OCH3 is 1. The number of hydrogen-bond donors (Lipinski definition) is 3. The molecule has 0 aromatic carbocycles. The summed E-state index contributed by atoms with van der Waals surface area (Å²) in [6, 6.07) is -0.272. The van der Waals surface area contributed by atoms with Crippen molar-refractivity contribution < 1.29 is 24.4 Å². The summed E-state index contributed by atoms with van der Waals surface area (Å²) in [5.74, 6) is 0.359. The number of ether oxygens (including phenoxy) is 3. The molecule has 6 heteroatoms. The Balaban J connectivity index is 2.30. The minimum atomic E-state index is -1.02. The Morgan fingerprint density at radius 2 is 2.05 bits per heavy atom. The first kappa shape index (κ1) is 16.8. The van der Waals surface area contributed by atoms with E-state index in [2.05, 4.69) is 5.32 Å². The van der Waals surface area contributed by atoms with Crippen molar-refractivity contribution >= 4 is 0 Å². The fourth-order valence-corrected chi connectivity index (χ4v) is 1.91. The van der Waals surface area contributed by atoms with Crippen LogP contribution in [0.2, 0.25) is 0 Å². The molecule has 3 N–H and O–H groups in total. The van der Waals surface area contributed by atoms with Gasteiger partial charge >= 0.3 is 0 Å². The Bertz CT molecular complexity index is 239. The molecule has 4 atom stereocenters. The minimum Gasteiger partial charge on any atom is -0.388 e. The first-order valence-electron chi connectivity index (χ1n) is 6.88. The van der Waals surface area contributed by atoms with Crippen molar-refractivity contribution in [2.75, 3.05) is 33.5 Å². The van der Waals surface area contributed by atoms with Crippen molar-refractivity contribution in [1.29, 1.82) is 0 Å². The number of hydrogen-bond acceptors (Lipinski definition) is 6. The Morgan fingerprint density at radius 3 is 2.68 bits per heavy atom. The second-order valence-corrected chi connectivity index (χ2v) is 5.32. The van der Waals surface area contributed by atoms with Gasteiger partial charge in [-0.2, -0.15) is 0 Å². The van der Waals surface area contributed by atoms with E-state index in [-0.39, 0.29) is 6.04 Å². The molecule has 0 aromatic heterocycles. The smallest absolute Gasteiger partial charge is 0.186 e. The van der Waals surface area contributed by atoms with Crippen LogP contribution in [0.1, 0.15) is 20.3 Å². The summed E-state index contributed by atoms with van der Waals surface area (Å²) in [4.78, 5) is 0. The maximum Gasteiger partial charge on any atom is 0.186 e.